The third kappa shape index (κ3) is 1.79. The number of aromatic hydroxyl groups is 1. The average Bonchev–Trinajstić information content (AvgIpc) is 2.67. The van der Waals surface area contributed by atoms with Crippen molar-refractivity contribution < 1.29 is 5.11 Å². The second-order valence-corrected chi connectivity index (χ2v) is 4.67. The minimum Gasteiger partial charge on any atom is -0.508 e. The maximum Gasteiger partial charge on any atom is 0.145 e. The van der Waals surface area contributed by atoms with E-state index in [9.17, 15) is 5.11 Å². The SMILES string of the molecule is Cc1cc(O)cc(-c2cn(C)c3ncnc(N)c23)c1. The van der Waals surface area contributed by atoms with E-state index in [0.717, 1.165) is 27.7 Å². The van der Waals surface area contributed by atoms with Crippen molar-refractivity contribution >= 4 is 16.9 Å². The number of benzene rings is 1. The van der Waals surface area contributed by atoms with Crippen LogP contribution in [0.3, 0.4) is 0 Å². The Morgan fingerprint density at radius 1 is 1.21 bits per heavy atom. The summed E-state index contributed by atoms with van der Waals surface area (Å²) in [7, 11) is 1.91. The molecule has 19 heavy (non-hydrogen) atoms. The molecule has 0 atom stereocenters. The van der Waals surface area contributed by atoms with Gasteiger partial charge in [-0.05, 0) is 30.2 Å². The first kappa shape index (κ1) is 11.5. The van der Waals surface area contributed by atoms with E-state index in [-0.39, 0.29) is 5.75 Å². The number of fused-ring (bicyclic) bond motifs is 1. The van der Waals surface area contributed by atoms with Gasteiger partial charge in [-0.1, -0.05) is 6.07 Å². The highest BCUT2D eigenvalue weighted by Gasteiger charge is 2.13. The van der Waals surface area contributed by atoms with Crippen LogP contribution in [0.25, 0.3) is 22.2 Å². The third-order valence-electron chi connectivity index (χ3n) is 3.16. The Morgan fingerprint density at radius 2 is 2.00 bits per heavy atom. The first-order chi connectivity index (χ1) is 9.06. The van der Waals surface area contributed by atoms with E-state index in [0.29, 0.717) is 5.82 Å². The standard InChI is InChI=1S/C14H14N4O/c1-8-3-9(5-10(19)4-8)11-6-18(2)14-12(11)13(15)16-7-17-14/h3-7,19H,1-2H3,(H2,15,16,17). The fourth-order valence-corrected chi connectivity index (χ4v) is 2.37. The van der Waals surface area contributed by atoms with Crippen LogP contribution in [0.1, 0.15) is 5.56 Å². The van der Waals surface area contributed by atoms with Crippen LogP contribution < -0.4 is 5.73 Å². The molecule has 96 valence electrons. The monoisotopic (exact) mass is 254 g/mol. The van der Waals surface area contributed by atoms with E-state index in [1.165, 1.54) is 6.33 Å². The van der Waals surface area contributed by atoms with Crippen LogP contribution in [-0.4, -0.2) is 19.6 Å². The predicted molar refractivity (Wildman–Crippen MR) is 74.8 cm³/mol. The second-order valence-electron chi connectivity index (χ2n) is 4.67. The molecule has 5 nitrogen and oxygen atoms in total. The molecule has 2 aromatic heterocycles. The number of nitrogen functional groups attached to an aromatic ring is 1. The van der Waals surface area contributed by atoms with E-state index in [2.05, 4.69) is 9.97 Å². The molecule has 3 rings (SSSR count). The Hall–Kier alpha value is -2.56. The number of hydrogen-bond acceptors (Lipinski definition) is 4. The number of nitrogens with two attached hydrogens (primary N) is 1. The van der Waals surface area contributed by atoms with Crippen molar-refractivity contribution in [2.75, 3.05) is 5.73 Å². The lowest BCUT2D eigenvalue weighted by atomic mass is 10.0. The number of hydrogen-bond donors (Lipinski definition) is 2. The Labute approximate surface area is 110 Å². The number of aromatic nitrogens is 3. The van der Waals surface area contributed by atoms with E-state index in [4.69, 9.17) is 5.73 Å². The second kappa shape index (κ2) is 3.98. The molecule has 2 heterocycles. The number of nitrogens with zero attached hydrogens (tertiary/aromatic N) is 3. The zero-order valence-corrected chi connectivity index (χ0v) is 10.8. The van der Waals surface area contributed by atoms with E-state index >= 15 is 0 Å². The van der Waals surface area contributed by atoms with Crippen LogP contribution in [0.15, 0.2) is 30.7 Å². The van der Waals surface area contributed by atoms with Crippen molar-refractivity contribution in [1.29, 1.82) is 0 Å². The normalized spacial score (nSPS) is 11.1. The summed E-state index contributed by atoms with van der Waals surface area (Å²) in [6, 6.07) is 5.43. The first-order valence-electron chi connectivity index (χ1n) is 5.93. The zero-order chi connectivity index (χ0) is 13.6. The molecular formula is C14H14N4O. The molecule has 0 radical (unpaired) electrons. The van der Waals surface area contributed by atoms with Crippen LogP contribution in [0, 0.1) is 6.92 Å². The summed E-state index contributed by atoms with van der Waals surface area (Å²) in [5, 5.41) is 10.5. The topological polar surface area (TPSA) is 77.0 Å². The lowest BCUT2D eigenvalue weighted by molar-refractivity contribution is 0.475. The number of rotatable bonds is 1. The highest BCUT2D eigenvalue weighted by molar-refractivity contribution is 6.00. The molecule has 0 aliphatic heterocycles. The van der Waals surface area contributed by atoms with Crippen LogP contribution >= 0.6 is 0 Å². The Balaban J connectivity index is 2.36. The van der Waals surface area contributed by atoms with Gasteiger partial charge in [0.05, 0.1) is 5.39 Å². The Kier molecular flexibility index (Phi) is 2.41. The van der Waals surface area contributed by atoms with Gasteiger partial charge in [-0.25, -0.2) is 9.97 Å². The van der Waals surface area contributed by atoms with Gasteiger partial charge < -0.3 is 15.4 Å². The molecule has 0 spiro atoms. The minimum atomic E-state index is 0.238. The van der Waals surface area contributed by atoms with Gasteiger partial charge in [-0.2, -0.15) is 0 Å². The highest BCUT2D eigenvalue weighted by atomic mass is 16.3. The van der Waals surface area contributed by atoms with Crippen molar-refractivity contribution in [1.82, 2.24) is 14.5 Å². The summed E-state index contributed by atoms with van der Waals surface area (Å²) >= 11 is 0. The van der Waals surface area contributed by atoms with Crippen molar-refractivity contribution in [3.8, 4) is 16.9 Å². The quantitative estimate of drug-likeness (QED) is 0.698. The molecule has 3 aromatic rings. The van der Waals surface area contributed by atoms with Gasteiger partial charge >= 0.3 is 0 Å². The largest absolute Gasteiger partial charge is 0.508 e. The molecule has 0 saturated heterocycles. The molecular weight excluding hydrogens is 240 g/mol. The van der Waals surface area contributed by atoms with Crippen molar-refractivity contribution in [3.63, 3.8) is 0 Å². The molecule has 0 fully saturated rings. The molecule has 1 aromatic carbocycles. The summed E-state index contributed by atoms with van der Waals surface area (Å²) in [6.07, 6.45) is 3.40. The smallest absolute Gasteiger partial charge is 0.145 e. The van der Waals surface area contributed by atoms with Crippen LogP contribution in [0.2, 0.25) is 0 Å². The van der Waals surface area contributed by atoms with Crippen LogP contribution in [0.4, 0.5) is 5.82 Å². The van der Waals surface area contributed by atoms with Crippen LogP contribution in [0.5, 0.6) is 5.75 Å². The van der Waals surface area contributed by atoms with Crippen molar-refractivity contribution in [2.24, 2.45) is 7.05 Å². The maximum atomic E-state index is 9.73. The first-order valence-corrected chi connectivity index (χ1v) is 5.93. The van der Waals surface area contributed by atoms with Gasteiger partial charge in [-0.3, -0.25) is 0 Å². The molecule has 0 aliphatic rings. The van der Waals surface area contributed by atoms with Gasteiger partial charge in [-0.15, -0.1) is 0 Å². The molecule has 0 amide bonds. The Bertz CT molecular complexity index is 756. The summed E-state index contributed by atoms with van der Waals surface area (Å²) in [6.45, 7) is 1.94. The minimum absolute atomic E-state index is 0.238. The summed E-state index contributed by atoms with van der Waals surface area (Å²) in [4.78, 5) is 8.28. The lowest BCUT2D eigenvalue weighted by Crippen LogP contribution is -1.94. The average molecular weight is 254 g/mol. The van der Waals surface area contributed by atoms with E-state index in [1.54, 1.807) is 12.1 Å². The number of aryl methyl sites for hydroxylation is 2. The van der Waals surface area contributed by atoms with Crippen LogP contribution in [-0.2, 0) is 7.05 Å². The zero-order valence-electron chi connectivity index (χ0n) is 10.8. The van der Waals surface area contributed by atoms with Gasteiger partial charge in [0.15, 0.2) is 0 Å². The van der Waals surface area contributed by atoms with E-state index < -0.39 is 0 Å². The van der Waals surface area contributed by atoms with E-state index in [1.807, 2.05) is 30.8 Å². The van der Waals surface area contributed by atoms with Gasteiger partial charge in [0, 0.05) is 18.8 Å². The maximum absolute atomic E-state index is 9.73. The summed E-state index contributed by atoms with van der Waals surface area (Å²) in [5.41, 5.74) is 9.56. The molecule has 3 N–H and O–H groups in total. The molecule has 5 heteroatoms. The van der Waals surface area contributed by atoms with Gasteiger partial charge in [0.25, 0.3) is 0 Å². The molecule has 0 aliphatic carbocycles. The molecule has 0 bridgehead atoms. The molecule has 0 unspecified atom stereocenters. The van der Waals surface area contributed by atoms with Crippen molar-refractivity contribution in [2.45, 2.75) is 6.92 Å². The molecule has 0 saturated carbocycles. The van der Waals surface area contributed by atoms with Gasteiger partial charge in [0.2, 0.25) is 0 Å². The van der Waals surface area contributed by atoms with Crippen molar-refractivity contribution in [3.05, 3.63) is 36.3 Å². The Morgan fingerprint density at radius 3 is 2.74 bits per heavy atom. The third-order valence-corrected chi connectivity index (χ3v) is 3.16. The number of phenolic OH excluding ortho intramolecular Hbond substituents is 1. The number of anilines is 1. The fraction of sp³-hybridized carbons (Fsp3) is 0.143. The highest BCUT2D eigenvalue weighted by Crippen LogP contribution is 2.34. The van der Waals surface area contributed by atoms with Gasteiger partial charge in [0.1, 0.15) is 23.5 Å². The predicted octanol–water partition coefficient (Wildman–Crippen LogP) is 2.23. The number of phenols is 1. The summed E-state index contributed by atoms with van der Waals surface area (Å²) < 4.78 is 1.90. The fourth-order valence-electron chi connectivity index (χ4n) is 2.37. The lowest BCUT2D eigenvalue weighted by Gasteiger charge is -2.04. The summed E-state index contributed by atoms with van der Waals surface area (Å²) in [5.74, 6) is 0.684.